The van der Waals surface area contributed by atoms with Gasteiger partial charge in [0.15, 0.2) is 0 Å². The SMILES string of the molecule is CCCCCCCCC(CCCCCCCC)(CCCCCCCC)COP(=O)(O)O. The number of rotatable bonds is 24. The topological polar surface area (TPSA) is 66.8 Å². The maximum atomic E-state index is 11.5. The molecule has 5 heteroatoms. The zero-order valence-electron chi connectivity index (χ0n) is 21.2. The Labute approximate surface area is 194 Å². The van der Waals surface area contributed by atoms with Crippen LogP contribution in [0.2, 0.25) is 0 Å². The van der Waals surface area contributed by atoms with E-state index in [9.17, 15) is 14.4 Å². The van der Waals surface area contributed by atoms with E-state index in [0.29, 0.717) is 0 Å². The van der Waals surface area contributed by atoms with Crippen molar-refractivity contribution in [3.8, 4) is 0 Å². The van der Waals surface area contributed by atoms with Gasteiger partial charge < -0.3 is 9.79 Å². The third-order valence-corrected chi connectivity index (χ3v) is 7.19. The van der Waals surface area contributed by atoms with Crippen LogP contribution in [0.1, 0.15) is 156 Å². The number of hydrogen-bond acceptors (Lipinski definition) is 2. The minimum absolute atomic E-state index is 0.0681. The Bertz CT molecular complexity index is 381. The van der Waals surface area contributed by atoms with E-state index in [0.717, 1.165) is 38.5 Å². The summed E-state index contributed by atoms with van der Waals surface area (Å²) < 4.78 is 16.6. The molecule has 0 aromatic carbocycles. The van der Waals surface area contributed by atoms with E-state index in [1.165, 1.54) is 96.3 Å². The Morgan fingerprint density at radius 1 is 0.548 bits per heavy atom. The summed E-state index contributed by atoms with van der Waals surface area (Å²) in [6.07, 6.45) is 25.7. The highest BCUT2D eigenvalue weighted by Gasteiger charge is 2.32. The Balaban J connectivity index is 4.82. The molecule has 4 nitrogen and oxygen atoms in total. The highest BCUT2D eigenvalue weighted by Crippen LogP contribution is 2.44. The molecule has 188 valence electrons. The molecule has 0 heterocycles. The van der Waals surface area contributed by atoms with Crippen molar-refractivity contribution in [2.75, 3.05) is 6.61 Å². The maximum Gasteiger partial charge on any atom is 0.469 e. The molecule has 0 bridgehead atoms. The molecule has 0 saturated heterocycles. The van der Waals surface area contributed by atoms with Crippen molar-refractivity contribution in [3.05, 3.63) is 0 Å². The van der Waals surface area contributed by atoms with Gasteiger partial charge in [-0.3, -0.25) is 4.52 Å². The predicted octanol–water partition coefficient (Wildman–Crippen LogP) is 9.33. The van der Waals surface area contributed by atoms with E-state index in [2.05, 4.69) is 20.8 Å². The van der Waals surface area contributed by atoms with Crippen LogP contribution in [0.15, 0.2) is 0 Å². The summed E-state index contributed by atoms with van der Waals surface area (Å²) in [5.41, 5.74) is -0.0681. The van der Waals surface area contributed by atoms with Crippen molar-refractivity contribution in [2.24, 2.45) is 5.41 Å². The minimum Gasteiger partial charge on any atom is -0.303 e. The first-order chi connectivity index (χ1) is 14.9. The highest BCUT2D eigenvalue weighted by molar-refractivity contribution is 7.46. The molecule has 0 aliphatic rings. The van der Waals surface area contributed by atoms with Gasteiger partial charge in [0.25, 0.3) is 0 Å². The lowest BCUT2D eigenvalue weighted by Gasteiger charge is -2.34. The van der Waals surface area contributed by atoms with Crippen LogP contribution in [0.4, 0.5) is 0 Å². The van der Waals surface area contributed by atoms with Gasteiger partial charge in [-0.15, -0.1) is 0 Å². The van der Waals surface area contributed by atoms with Gasteiger partial charge in [0.05, 0.1) is 6.61 Å². The zero-order valence-corrected chi connectivity index (χ0v) is 22.1. The van der Waals surface area contributed by atoms with Gasteiger partial charge in [0, 0.05) is 0 Å². The summed E-state index contributed by atoms with van der Waals surface area (Å²) in [5.74, 6) is 0. The van der Waals surface area contributed by atoms with Crippen molar-refractivity contribution in [3.63, 3.8) is 0 Å². The van der Waals surface area contributed by atoms with Crippen LogP contribution in [0.5, 0.6) is 0 Å². The lowest BCUT2D eigenvalue weighted by Crippen LogP contribution is -2.27. The van der Waals surface area contributed by atoms with Crippen LogP contribution >= 0.6 is 7.82 Å². The first-order valence-electron chi connectivity index (χ1n) is 13.6. The Kier molecular flexibility index (Phi) is 20.8. The van der Waals surface area contributed by atoms with Crippen LogP contribution < -0.4 is 0 Å². The van der Waals surface area contributed by atoms with Crippen molar-refractivity contribution in [1.29, 1.82) is 0 Å². The fraction of sp³-hybridized carbons (Fsp3) is 1.00. The third kappa shape index (κ3) is 20.4. The van der Waals surface area contributed by atoms with Crippen LogP contribution in [0.3, 0.4) is 0 Å². The van der Waals surface area contributed by atoms with Gasteiger partial charge >= 0.3 is 7.82 Å². The molecule has 0 rings (SSSR count). The van der Waals surface area contributed by atoms with Gasteiger partial charge in [0.2, 0.25) is 0 Å². The Hall–Kier alpha value is 0.110. The standard InChI is InChI=1S/C26H55O4P/c1-4-7-10-13-16-19-22-26(25-30-31(27,28)29,23-20-17-14-11-8-5-2)24-21-18-15-12-9-6-3/h4-25H2,1-3H3,(H2,27,28,29). The molecule has 2 N–H and O–H groups in total. The van der Waals surface area contributed by atoms with Crippen molar-refractivity contribution < 1.29 is 18.9 Å². The molecule has 0 aromatic rings. The molecule has 0 saturated carbocycles. The van der Waals surface area contributed by atoms with Crippen molar-refractivity contribution in [1.82, 2.24) is 0 Å². The summed E-state index contributed by atoms with van der Waals surface area (Å²) in [7, 11) is -4.42. The van der Waals surface area contributed by atoms with Crippen LogP contribution in [0, 0.1) is 5.41 Å². The second-order valence-electron chi connectivity index (χ2n) is 9.82. The van der Waals surface area contributed by atoms with Gasteiger partial charge in [0.1, 0.15) is 0 Å². The van der Waals surface area contributed by atoms with E-state index < -0.39 is 7.82 Å². The summed E-state index contributed by atoms with van der Waals surface area (Å²) in [6, 6.07) is 0. The van der Waals surface area contributed by atoms with Crippen LogP contribution in [-0.2, 0) is 9.09 Å². The minimum atomic E-state index is -4.42. The number of phosphoric acid groups is 1. The molecule has 0 amide bonds. The molecule has 0 aromatic heterocycles. The molecule has 0 radical (unpaired) electrons. The third-order valence-electron chi connectivity index (χ3n) is 6.72. The average Bonchev–Trinajstić information content (AvgIpc) is 2.73. The van der Waals surface area contributed by atoms with E-state index in [4.69, 9.17) is 4.52 Å². The fourth-order valence-electron chi connectivity index (χ4n) is 4.65. The largest absolute Gasteiger partial charge is 0.469 e. The average molecular weight is 463 g/mol. The fourth-order valence-corrected chi connectivity index (χ4v) is 5.10. The molecular weight excluding hydrogens is 407 g/mol. The molecule has 0 fully saturated rings. The van der Waals surface area contributed by atoms with Gasteiger partial charge in [-0.1, -0.05) is 136 Å². The van der Waals surface area contributed by atoms with Gasteiger partial charge in [-0.05, 0) is 24.7 Å². The monoisotopic (exact) mass is 462 g/mol. The lowest BCUT2D eigenvalue weighted by molar-refractivity contribution is 0.0754. The summed E-state index contributed by atoms with van der Waals surface area (Å²) in [6.45, 7) is 6.94. The first-order valence-corrected chi connectivity index (χ1v) is 15.1. The predicted molar refractivity (Wildman–Crippen MR) is 134 cm³/mol. The second-order valence-corrected chi connectivity index (χ2v) is 11.1. The van der Waals surface area contributed by atoms with E-state index in [1.54, 1.807) is 0 Å². The first kappa shape index (κ1) is 31.1. The van der Waals surface area contributed by atoms with E-state index >= 15 is 0 Å². The number of phosphoric ester groups is 1. The lowest BCUT2D eigenvalue weighted by atomic mass is 9.74. The smallest absolute Gasteiger partial charge is 0.303 e. The van der Waals surface area contributed by atoms with Crippen molar-refractivity contribution in [2.45, 2.75) is 156 Å². The molecular formula is C26H55O4P. The summed E-state index contributed by atoms with van der Waals surface area (Å²) in [5, 5.41) is 0. The Morgan fingerprint density at radius 2 is 0.839 bits per heavy atom. The van der Waals surface area contributed by atoms with E-state index in [1.807, 2.05) is 0 Å². The Morgan fingerprint density at radius 3 is 1.13 bits per heavy atom. The molecule has 0 aliphatic heterocycles. The molecule has 0 unspecified atom stereocenters. The van der Waals surface area contributed by atoms with Crippen LogP contribution in [0.25, 0.3) is 0 Å². The number of unbranched alkanes of at least 4 members (excludes halogenated alkanes) is 15. The second kappa shape index (κ2) is 20.7. The molecule has 31 heavy (non-hydrogen) atoms. The number of hydrogen-bond donors (Lipinski definition) is 2. The van der Waals surface area contributed by atoms with Crippen molar-refractivity contribution >= 4 is 7.82 Å². The molecule has 0 atom stereocenters. The normalized spacial score (nSPS) is 12.5. The molecule has 0 aliphatic carbocycles. The zero-order chi connectivity index (χ0) is 23.3. The quantitative estimate of drug-likeness (QED) is 0.111. The maximum absolute atomic E-state index is 11.5. The highest BCUT2D eigenvalue weighted by atomic mass is 31.2. The summed E-state index contributed by atoms with van der Waals surface area (Å²) in [4.78, 5) is 18.8. The van der Waals surface area contributed by atoms with E-state index in [-0.39, 0.29) is 12.0 Å². The van der Waals surface area contributed by atoms with Gasteiger partial charge in [-0.2, -0.15) is 0 Å². The van der Waals surface area contributed by atoms with Gasteiger partial charge in [-0.25, -0.2) is 4.57 Å². The summed E-state index contributed by atoms with van der Waals surface area (Å²) >= 11 is 0. The van der Waals surface area contributed by atoms with Crippen LogP contribution in [-0.4, -0.2) is 16.4 Å². The molecule has 0 spiro atoms.